The summed E-state index contributed by atoms with van der Waals surface area (Å²) in [5, 5.41) is 1.43. The second kappa shape index (κ2) is 3.41. The number of aromatic amines is 1. The van der Waals surface area contributed by atoms with Crippen LogP contribution < -0.4 is 0 Å². The third-order valence-electron chi connectivity index (χ3n) is 3.88. The van der Waals surface area contributed by atoms with Crippen LogP contribution in [0.2, 0.25) is 0 Å². The quantitative estimate of drug-likeness (QED) is 0.712. The molecule has 1 aliphatic carbocycles. The minimum atomic E-state index is 0.779. The molecule has 1 aliphatic rings. The lowest BCUT2D eigenvalue weighted by Gasteiger charge is -2.14. The molecule has 3 rings (SSSR count). The molecule has 0 aliphatic heterocycles. The summed E-state index contributed by atoms with van der Waals surface area (Å²) in [6.45, 7) is 2.39. The molecule has 2 unspecified atom stereocenters. The predicted molar refractivity (Wildman–Crippen MR) is 64.1 cm³/mol. The second-order valence-corrected chi connectivity index (χ2v) is 4.80. The van der Waals surface area contributed by atoms with E-state index in [1.165, 1.54) is 35.7 Å². The molecule has 1 N–H and O–H groups in total. The molecular weight excluding hydrogens is 182 g/mol. The van der Waals surface area contributed by atoms with Gasteiger partial charge in [-0.05, 0) is 29.9 Å². The Morgan fingerprint density at radius 3 is 2.87 bits per heavy atom. The van der Waals surface area contributed by atoms with E-state index >= 15 is 0 Å². The highest BCUT2D eigenvalue weighted by Crippen LogP contribution is 2.41. The number of benzene rings is 1. The molecule has 2 atom stereocenters. The van der Waals surface area contributed by atoms with Crippen molar-refractivity contribution >= 4 is 10.9 Å². The number of rotatable bonds is 1. The standard InChI is InChI=1S/C14H17N/c1-10-5-4-7-11(10)13-9-15-14-8-3-2-6-12(13)14/h2-3,6,8-11,15H,4-5,7H2,1H3. The number of hydrogen-bond acceptors (Lipinski definition) is 0. The van der Waals surface area contributed by atoms with E-state index in [1.54, 1.807) is 0 Å². The van der Waals surface area contributed by atoms with Crippen LogP contribution in [0.5, 0.6) is 0 Å². The fourth-order valence-electron chi connectivity index (χ4n) is 3.01. The summed E-state index contributed by atoms with van der Waals surface area (Å²) >= 11 is 0. The summed E-state index contributed by atoms with van der Waals surface area (Å²) in [6.07, 6.45) is 6.37. The van der Waals surface area contributed by atoms with E-state index in [1.807, 2.05) is 0 Å². The Morgan fingerprint density at radius 2 is 2.07 bits per heavy atom. The average molecular weight is 199 g/mol. The highest BCUT2D eigenvalue weighted by Gasteiger charge is 2.26. The second-order valence-electron chi connectivity index (χ2n) is 4.80. The molecule has 2 aromatic rings. The van der Waals surface area contributed by atoms with E-state index < -0.39 is 0 Å². The van der Waals surface area contributed by atoms with Gasteiger partial charge in [0.1, 0.15) is 0 Å². The third-order valence-corrected chi connectivity index (χ3v) is 3.88. The molecule has 1 aromatic heterocycles. The van der Waals surface area contributed by atoms with Crippen LogP contribution in [0.3, 0.4) is 0 Å². The van der Waals surface area contributed by atoms with Gasteiger partial charge in [0, 0.05) is 17.1 Å². The van der Waals surface area contributed by atoms with Crippen LogP contribution in [0.15, 0.2) is 30.5 Å². The first-order valence-electron chi connectivity index (χ1n) is 5.92. The van der Waals surface area contributed by atoms with Crippen molar-refractivity contribution in [3.8, 4) is 0 Å². The van der Waals surface area contributed by atoms with Gasteiger partial charge in [0.25, 0.3) is 0 Å². The van der Waals surface area contributed by atoms with Gasteiger partial charge in [-0.15, -0.1) is 0 Å². The Morgan fingerprint density at radius 1 is 1.20 bits per heavy atom. The minimum absolute atomic E-state index is 0.779. The molecule has 0 saturated heterocycles. The SMILES string of the molecule is CC1CCCC1c1c[nH]c2ccccc12. The Hall–Kier alpha value is -1.24. The van der Waals surface area contributed by atoms with Crippen LogP contribution in [0.1, 0.15) is 37.7 Å². The lowest BCUT2D eigenvalue weighted by Crippen LogP contribution is -2.00. The van der Waals surface area contributed by atoms with Gasteiger partial charge in [-0.3, -0.25) is 0 Å². The van der Waals surface area contributed by atoms with Gasteiger partial charge in [-0.25, -0.2) is 0 Å². The first-order chi connectivity index (χ1) is 7.36. The maximum atomic E-state index is 3.39. The van der Waals surface area contributed by atoms with Crippen molar-refractivity contribution in [2.75, 3.05) is 0 Å². The maximum absolute atomic E-state index is 3.39. The summed E-state index contributed by atoms with van der Waals surface area (Å²) in [6, 6.07) is 8.64. The molecule has 78 valence electrons. The molecule has 15 heavy (non-hydrogen) atoms. The number of fused-ring (bicyclic) bond motifs is 1. The van der Waals surface area contributed by atoms with Crippen LogP contribution in [-0.2, 0) is 0 Å². The predicted octanol–water partition coefficient (Wildman–Crippen LogP) is 4.07. The lowest BCUT2D eigenvalue weighted by atomic mass is 9.90. The zero-order chi connectivity index (χ0) is 10.3. The molecular formula is C14H17N. The van der Waals surface area contributed by atoms with Crippen molar-refractivity contribution in [3.63, 3.8) is 0 Å². The van der Waals surface area contributed by atoms with Crippen molar-refractivity contribution in [2.45, 2.75) is 32.1 Å². The molecule has 0 amide bonds. The van der Waals surface area contributed by atoms with Crippen LogP contribution in [0, 0.1) is 5.92 Å². The summed E-state index contributed by atoms with van der Waals surface area (Å²) < 4.78 is 0. The number of nitrogens with one attached hydrogen (secondary N) is 1. The van der Waals surface area contributed by atoms with Gasteiger partial charge >= 0.3 is 0 Å². The van der Waals surface area contributed by atoms with Crippen molar-refractivity contribution in [1.82, 2.24) is 4.98 Å². The van der Waals surface area contributed by atoms with E-state index in [2.05, 4.69) is 42.4 Å². The summed E-state index contributed by atoms with van der Waals surface area (Å²) in [5.41, 5.74) is 2.82. The minimum Gasteiger partial charge on any atom is -0.361 e. The Kier molecular flexibility index (Phi) is 2.05. The van der Waals surface area contributed by atoms with Gasteiger partial charge in [0.2, 0.25) is 0 Å². The molecule has 1 saturated carbocycles. The Labute approximate surface area is 90.5 Å². The average Bonchev–Trinajstić information content (AvgIpc) is 2.83. The lowest BCUT2D eigenvalue weighted by molar-refractivity contribution is 0.536. The topological polar surface area (TPSA) is 15.8 Å². The number of hydrogen-bond donors (Lipinski definition) is 1. The molecule has 1 aromatic carbocycles. The third kappa shape index (κ3) is 1.38. The van der Waals surface area contributed by atoms with Gasteiger partial charge in [0.15, 0.2) is 0 Å². The van der Waals surface area contributed by atoms with Crippen LogP contribution >= 0.6 is 0 Å². The molecule has 0 spiro atoms. The van der Waals surface area contributed by atoms with Crippen LogP contribution in [-0.4, -0.2) is 4.98 Å². The fourth-order valence-corrected chi connectivity index (χ4v) is 3.01. The van der Waals surface area contributed by atoms with E-state index in [0.717, 1.165) is 11.8 Å². The molecule has 1 heteroatoms. The van der Waals surface area contributed by atoms with Crippen LogP contribution in [0.4, 0.5) is 0 Å². The van der Waals surface area contributed by atoms with E-state index in [9.17, 15) is 0 Å². The fraction of sp³-hybridized carbons (Fsp3) is 0.429. The van der Waals surface area contributed by atoms with Gasteiger partial charge in [-0.2, -0.15) is 0 Å². The van der Waals surface area contributed by atoms with Gasteiger partial charge < -0.3 is 4.98 Å². The first-order valence-corrected chi connectivity index (χ1v) is 5.92. The largest absolute Gasteiger partial charge is 0.361 e. The van der Waals surface area contributed by atoms with Crippen LogP contribution in [0.25, 0.3) is 10.9 Å². The normalized spacial score (nSPS) is 26.2. The number of aromatic nitrogens is 1. The van der Waals surface area contributed by atoms with E-state index in [4.69, 9.17) is 0 Å². The maximum Gasteiger partial charge on any atom is 0.0456 e. The monoisotopic (exact) mass is 199 g/mol. The number of para-hydroxylation sites is 1. The molecule has 1 fully saturated rings. The molecule has 0 bridgehead atoms. The highest BCUT2D eigenvalue weighted by atomic mass is 14.7. The first kappa shape index (κ1) is 9.02. The number of H-pyrrole nitrogens is 1. The Balaban J connectivity index is 2.10. The smallest absolute Gasteiger partial charge is 0.0456 e. The summed E-state index contributed by atoms with van der Waals surface area (Å²) in [7, 11) is 0. The van der Waals surface area contributed by atoms with Gasteiger partial charge in [0.05, 0.1) is 0 Å². The zero-order valence-corrected chi connectivity index (χ0v) is 9.16. The Bertz CT molecular complexity index is 469. The highest BCUT2D eigenvalue weighted by molar-refractivity contribution is 5.83. The van der Waals surface area contributed by atoms with Gasteiger partial charge in [-0.1, -0.05) is 38.0 Å². The summed E-state index contributed by atoms with van der Waals surface area (Å²) in [4.78, 5) is 3.39. The molecule has 1 nitrogen and oxygen atoms in total. The van der Waals surface area contributed by atoms with E-state index in [-0.39, 0.29) is 0 Å². The molecule has 1 heterocycles. The van der Waals surface area contributed by atoms with Crippen molar-refractivity contribution in [3.05, 3.63) is 36.0 Å². The zero-order valence-electron chi connectivity index (χ0n) is 9.16. The van der Waals surface area contributed by atoms with Crippen molar-refractivity contribution in [1.29, 1.82) is 0 Å². The van der Waals surface area contributed by atoms with Crippen molar-refractivity contribution < 1.29 is 0 Å². The molecule has 0 radical (unpaired) electrons. The summed E-state index contributed by atoms with van der Waals surface area (Å²) in [5.74, 6) is 1.63. The van der Waals surface area contributed by atoms with E-state index in [0.29, 0.717) is 0 Å². The van der Waals surface area contributed by atoms with Crippen molar-refractivity contribution in [2.24, 2.45) is 5.92 Å².